The van der Waals surface area contributed by atoms with Crippen LogP contribution in [0.2, 0.25) is 5.02 Å². The highest BCUT2D eigenvalue weighted by atomic mass is 35.5. The summed E-state index contributed by atoms with van der Waals surface area (Å²) in [7, 11) is -3.63. The maximum Gasteiger partial charge on any atom is 0.363 e. The number of sulfonamides is 1. The molecule has 8 heteroatoms. The molecule has 3 rings (SSSR count). The lowest BCUT2D eigenvalue weighted by molar-refractivity contribution is -0.129. The third kappa shape index (κ3) is 4.01. The normalized spacial score (nSPS) is 15.8. The Morgan fingerprint density at radius 2 is 1.82 bits per heavy atom. The molecule has 0 amide bonds. The first kappa shape index (κ1) is 20.3. The fourth-order valence-corrected chi connectivity index (χ4v) is 4.47. The van der Waals surface area contributed by atoms with Crippen molar-refractivity contribution in [2.75, 3.05) is 13.1 Å². The maximum atomic E-state index is 12.7. The predicted molar refractivity (Wildman–Crippen MR) is 109 cm³/mol. The standard InChI is InChI=1S/C20H19ClN2O4S/c1-3-23(4-2)28(25,26)16-10-7-9-15(12-16)19-22-18(20(24)27-19)13-14-8-5-6-11-17(14)21/h5-13H,3-4H2,1-2H3/b18-13-. The van der Waals surface area contributed by atoms with Crippen LogP contribution in [-0.4, -0.2) is 37.7 Å². The molecule has 6 nitrogen and oxygen atoms in total. The van der Waals surface area contributed by atoms with E-state index in [1.165, 1.54) is 22.5 Å². The van der Waals surface area contributed by atoms with E-state index < -0.39 is 16.0 Å². The van der Waals surface area contributed by atoms with E-state index in [1.54, 1.807) is 50.2 Å². The van der Waals surface area contributed by atoms with Gasteiger partial charge in [0.25, 0.3) is 0 Å². The molecule has 1 aliphatic heterocycles. The van der Waals surface area contributed by atoms with Crippen LogP contribution in [0.3, 0.4) is 0 Å². The average molecular weight is 419 g/mol. The van der Waals surface area contributed by atoms with E-state index in [9.17, 15) is 13.2 Å². The van der Waals surface area contributed by atoms with Crippen molar-refractivity contribution in [2.45, 2.75) is 18.7 Å². The largest absolute Gasteiger partial charge is 0.402 e. The molecule has 1 heterocycles. The van der Waals surface area contributed by atoms with E-state index in [0.29, 0.717) is 29.2 Å². The van der Waals surface area contributed by atoms with Crippen LogP contribution in [-0.2, 0) is 19.6 Å². The topological polar surface area (TPSA) is 76.0 Å². The number of cyclic esters (lactones) is 1. The van der Waals surface area contributed by atoms with E-state index >= 15 is 0 Å². The minimum absolute atomic E-state index is 0.0555. The van der Waals surface area contributed by atoms with Gasteiger partial charge in [-0.2, -0.15) is 4.31 Å². The summed E-state index contributed by atoms with van der Waals surface area (Å²) in [6.45, 7) is 4.28. The smallest absolute Gasteiger partial charge is 0.363 e. The lowest BCUT2D eigenvalue weighted by Crippen LogP contribution is -2.30. The molecule has 0 radical (unpaired) electrons. The molecule has 2 aromatic carbocycles. The van der Waals surface area contributed by atoms with Crippen LogP contribution in [0.15, 0.2) is 64.1 Å². The van der Waals surface area contributed by atoms with Crippen molar-refractivity contribution in [1.82, 2.24) is 4.31 Å². The summed E-state index contributed by atoms with van der Waals surface area (Å²) in [6, 6.07) is 13.3. The number of benzene rings is 2. The van der Waals surface area contributed by atoms with Gasteiger partial charge in [-0.1, -0.05) is 49.7 Å². The number of hydrogen-bond donors (Lipinski definition) is 0. The van der Waals surface area contributed by atoms with Crippen molar-refractivity contribution in [1.29, 1.82) is 0 Å². The summed E-state index contributed by atoms with van der Waals surface area (Å²) in [5, 5.41) is 0.485. The van der Waals surface area contributed by atoms with Gasteiger partial charge in [-0.15, -0.1) is 0 Å². The van der Waals surface area contributed by atoms with Gasteiger partial charge in [-0.3, -0.25) is 0 Å². The monoisotopic (exact) mass is 418 g/mol. The molecule has 0 spiro atoms. The lowest BCUT2D eigenvalue weighted by atomic mass is 10.2. The third-order valence-corrected chi connectivity index (χ3v) is 6.63. The fraction of sp³-hybridized carbons (Fsp3) is 0.200. The molecule has 0 aliphatic carbocycles. The summed E-state index contributed by atoms with van der Waals surface area (Å²) in [4.78, 5) is 16.5. The van der Waals surface area contributed by atoms with Crippen LogP contribution < -0.4 is 0 Å². The maximum absolute atomic E-state index is 12.7. The molecule has 2 aromatic rings. The number of aliphatic imine (C=N–C) groups is 1. The van der Waals surface area contributed by atoms with E-state index in [2.05, 4.69) is 4.99 Å². The molecule has 0 fully saturated rings. The first-order valence-electron chi connectivity index (χ1n) is 8.74. The SMILES string of the molecule is CCN(CC)S(=O)(=O)c1cccc(C2=N/C(=C\c3ccccc3Cl)C(=O)O2)c1. The van der Waals surface area contributed by atoms with Crippen LogP contribution in [0.5, 0.6) is 0 Å². The summed E-state index contributed by atoms with van der Waals surface area (Å²) >= 11 is 6.12. The van der Waals surface area contributed by atoms with Gasteiger partial charge in [-0.25, -0.2) is 18.2 Å². The Kier molecular flexibility index (Phi) is 5.98. The molecular formula is C20H19ClN2O4S. The van der Waals surface area contributed by atoms with Gasteiger partial charge in [0.2, 0.25) is 15.9 Å². The molecule has 0 atom stereocenters. The molecular weight excluding hydrogens is 400 g/mol. The van der Waals surface area contributed by atoms with Gasteiger partial charge in [0.05, 0.1) is 4.90 Å². The van der Waals surface area contributed by atoms with E-state index in [4.69, 9.17) is 16.3 Å². The van der Waals surface area contributed by atoms with E-state index in [1.807, 2.05) is 0 Å². The van der Waals surface area contributed by atoms with E-state index in [0.717, 1.165) is 0 Å². The quantitative estimate of drug-likeness (QED) is 0.529. The van der Waals surface area contributed by atoms with Crippen LogP contribution >= 0.6 is 11.6 Å². The molecule has 0 unspecified atom stereocenters. The first-order valence-corrected chi connectivity index (χ1v) is 10.6. The zero-order chi connectivity index (χ0) is 20.3. The van der Waals surface area contributed by atoms with Gasteiger partial charge in [0.1, 0.15) is 0 Å². The van der Waals surface area contributed by atoms with Gasteiger partial charge < -0.3 is 4.74 Å². The van der Waals surface area contributed by atoms with Crippen molar-refractivity contribution >= 4 is 39.6 Å². The van der Waals surface area contributed by atoms with Crippen LogP contribution in [0, 0.1) is 0 Å². The predicted octanol–water partition coefficient (Wildman–Crippen LogP) is 3.72. The lowest BCUT2D eigenvalue weighted by Gasteiger charge is -2.18. The number of rotatable bonds is 6. The minimum atomic E-state index is -3.63. The second-order valence-electron chi connectivity index (χ2n) is 5.97. The van der Waals surface area contributed by atoms with Crippen molar-refractivity contribution < 1.29 is 17.9 Å². The number of halogens is 1. The molecule has 0 bridgehead atoms. The fourth-order valence-electron chi connectivity index (χ4n) is 2.77. The Balaban J connectivity index is 1.97. The molecule has 1 aliphatic rings. The first-order chi connectivity index (χ1) is 13.4. The van der Waals surface area contributed by atoms with Gasteiger partial charge in [-0.05, 0) is 35.9 Å². The summed E-state index contributed by atoms with van der Waals surface area (Å²) < 4.78 is 32.0. The summed E-state index contributed by atoms with van der Waals surface area (Å²) in [6.07, 6.45) is 1.54. The summed E-state index contributed by atoms with van der Waals surface area (Å²) in [5.41, 5.74) is 1.14. The van der Waals surface area contributed by atoms with Crippen LogP contribution in [0.4, 0.5) is 0 Å². The van der Waals surface area contributed by atoms with Crippen molar-refractivity contribution in [2.24, 2.45) is 4.99 Å². The minimum Gasteiger partial charge on any atom is -0.402 e. The second kappa shape index (κ2) is 8.26. The molecule has 0 N–H and O–H groups in total. The summed E-state index contributed by atoms with van der Waals surface area (Å²) in [5.74, 6) is -0.563. The highest BCUT2D eigenvalue weighted by Crippen LogP contribution is 2.24. The van der Waals surface area contributed by atoms with Crippen molar-refractivity contribution in [3.63, 3.8) is 0 Å². The zero-order valence-corrected chi connectivity index (χ0v) is 17.0. The zero-order valence-electron chi connectivity index (χ0n) is 15.4. The second-order valence-corrected chi connectivity index (χ2v) is 8.32. The van der Waals surface area contributed by atoms with Crippen molar-refractivity contribution in [3.8, 4) is 0 Å². The Morgan fingerprint density at radius 1 is 1.11 bits per heavy atom. The number of hydrogen-bond acceptors (Lipinski definition) is 5. The highest BCUT2D eigenvalue weighted by Gasteiger charge is 2.27. The Morgan fingerprint density at radius 3 is 2.50 bits per heavy atom. The average Bonchev–Trinajstić information content (AvgIpc) is 3.05. The third-order valence-electron chi connectivity index (χ3n) is 4.24. The molecule has 0 aromatic heterocycles. The van der Waals surface area contributed by atoms with Crippen LogP contribution in [0.25, 0.3) is 6.08 Å². The molecule has 146 valence electrons. The Bertz CT molecular complexity index is 1070. The molecule has 28 heavy (non-hydrogen) atoms. The number of carbonyl (C=O) groups excluding carboxylic acids is 1. The number of esters is 1. The van der Waals surface area contributed by atoms with Crippen LogP contribution in [0.1, 0.15) is 25.0 Å². The highest BCUT2D eigenvalue weighted by molar-refractivity contribution is 7.89. The van der Waals surface area contributed by atoms with Gasteiger partial charge in [0, 0.05) is 23.7 Å². The van der Waals surface area contributed by atoms with E-state index in [-0.39, 0.29) is 16.5 Å². The van der Waals surface area contributed by atoms with Gasteiger partial charge >= 0.3 is 5.97 Å². The Labute approximate surface area is 169 Å². The molecule has 0 saturated carbocycles. The molecule has 0 saturated heterocycles. The van der Waals surface area contributed by atoms with Gasteiger partial charge in [0.15, 0.2) is 5.70 Å². The number of nitrogens with zero attached hydrogens (tertiary/aromatic N) is 2. The Hall–Kier alpha value is -2.48. The van der Waals surface area contributed by atoms with Crippen molar-refractivity contribution in [3.05, 3.63) is 70.4 Å². The number of carbonyl (C=O) groups is 1. The number of ether oxygens (including phenoxy) is 1.